The number of ether oxygens (including phenoxy) is 3. The molecule has 14 heteroatoms. The molecule has 0 radical (unpaired) electrons. The molecule has 10 nitrogen and oxygen atoms in total. The van der Waals surface area contributed by atoms with Crippen LogP contribution in [0.1, 0.15) is 37.6 Å². The molecule has 0 N–H and O–H groups in total. The Morgan fingerprint density at radius 2 is 1.70 bits per heavy atom. The Balaban J connectivity index is 2.23. The van der Waals surface area contributed by atoms with Gasteiger partial charge in [-0.25, -0.2) is 4.79 Å². The highest BCUT2D eigenvalue weighted by Gasteiger charge is 2.51. The number of halogens is 3. The molecule has 2 amide bonds. The predicted octanol–water partition coefficient (Wildman–Crippen LogP) is 5.02. The molecule has 1 aromatic carbocycles. The van der Waals surface area contributed by atoms with Gasteiger partial charge in [-0.3, -0.25) is 19.3 Å². The van der Waals surface area contributed by atoms with Crippen LogP contribution in [0.15, 0.2) is 12.1 Å². The Morgan fingerprint density at radius 3 is 2.23 bits per heavy atom. The topological polar surface area (TPSA) is 112 Å². The predicted molar refractivity (Wildman–Crippen MR) is 155 cm³/mol. The molecule has 0 bridgehead atoms. The molecule has 40 heavy (non-hydrogen) atoms. The Kier molecular flexibility index (Phi) is 9.78. The van der Waals surface area contributed by atoms with Crippen LogP contribution in [0.2, 0.25) is 18.1 Å². The number of methoxy groups -OCH3 is 2. The van der Waals surface area contributed by atoms with E-state index in [4.69, 9.17) is 53.4 Å². The van der Waals surface area contributed by atoms with Crippen LogP contribution in [0.5, 0.6) is 11.5 Å². The van der Waals surface area contributed by atoms with Gasteiger partial charge < -0.3 is 23.5 Å². The van der Waals surface area contributed by atoms with E-state index in [0.29, 0.717) is 0 Å². The molecule has 1 aromatic rings. The zero-order valence-electron chi connectivity index (χ0n) is 23.6. The molecular formula is C26H35Cl3N2O8Si. The first kappa shape index (κ1) is 32.5. The highest BCUT2D eigenvalue weighted by Crippen LogP contribution is 2.44. The maximum atomic E-state index is 14.0. The quantitative estimate of drug-likeness (QED) is 0.169. The summed E-state index contributed by atoms with van der Waals surface area (Å²) in [5.74, 6) is -1.27. The van der Waals surface area contributed by atoms with Crippen molar-refractivity contribution in [3.63, 3.8) is 0 Å². The summed E-state index contributed by atoms with van der Waals surface area (Å²) in [5, 5.41) is -0.158. The summed E-state index contributed by atoms with van der Waals surface area (Å²) in [6.45, 7) is 9.83. The van der Waals surface area contributed by atoms with Gasteiger partial charge in [-0.2, -0.15) is 0 Å². The van der Waals surface area contributed by atoms with Crippen molar-refractivity contribution >= 4 is 72.9 Å². The summed E-state index contributed by atoms with van der Waals surface area (Å²) in [5.41, 5.74) is 0.302. The van der Waals surface area contributed by atoms with E-state index in [9.17, 15) is 19.2 Å². The van der Waals surface area contributed by atoms with Crippen molar-refractivity contribution in [2.24, 2.45) is 5.92 Å². The third-order valence-corrected chi connectivity index (χ3v) is 12.7. The summed E-state index contributed by atoms with van der Waals surface area (Å²) < 4.78 is 21.0. The first-order valence-electron chi connectivity index (χ1n) is 12.7. The zero-order chi connectivity index (χ0) is 30.2. The van der Waals surface area contributed by atoms with Crippen molar-refractivity contribution in [1.82, 2.24) is 4.90 Å². The van der Waals surface area contributed by atoms with Crippen molar-refractivity contribution in [2.45, 2.75) is 61.2 Å². The van der Waals surface area contributed by atoms with Gasteiger partial charge in [-0.05, 0) is 30.6 Å². The number of benzene rings is 1. The van der Waals surface area contributed by atoms with E-state index in [0.717, 1.165) is 0 Å². The first-order chi connectivity index (χ1) is 18.5. The normalized spacial score (nSPS) is 21.4. The lowest BCUT2D eigenvalue weighted by atomic mass is 9.97. The van der Waals surface area contributed by atoms with Gasteiger partial charge in [-0.1, -0.05) is 55.6 Å². The summed E-state index contributed by atoms with van der Waals surface area (Å²) in [6, 6.07) is 1.48. The van der Waals surface area contributed by atoms with Gasteiger partial charge >= 0.3 is 6.09 Å². The van der Waals surface area contributed by atoms with Crippen LogP contribution in [0.4, 0.5) is 10.5 Å². The second kappa shape index (κ2) is 12.0. The number of Topliss-reactive ketones (excluding diaryl/α,β-unsaturated/α-hetero) is 1. The Morgan fingerprint density at radius 1 is 1.10 bits per heavy atom. The number of amides is 2. The Hall–Kier alpha value is -2.05. The van der Waals surface area contributed by atoms with Gasteiger partial charge in [0.2, 0.25) is 3.79 Å². The highest BCUT2D eigenvalue weighted by molar-refractivity contribution is 6.74. The van der Waals surface area contributed by atoms with Gasteiger partial charge in [0.15, 0.2) is 31.9 Å². The number of hydrogen-bond donors (Lipinski definition) is 0. The van der Waals surface area contributed by atoms with Crippen LogP contribution in [0, 0.1) is 5.92 Å². The third kappa shape index (κ3) is 6.70. The van der Waals surface area contributed by atoms with E-state index in [1.165, 1.54) is 36.2 Å². The number of anilines is 1. The number of carbonyl (C=O) groups is 4. The number of carbonyl (C=O) groups excluding carboxylic acids is 4. The van der Waals surface area contributed by atoms with E-state index in [1.54, 1.807) is 0 Å². The first-order valence-corrected chi connectivity index (χ1v) is 16.7. The zero-order valence-corrected chi connectivity index (χ0v) is 26.9. The van der Waals surface area contributed by atoms with E-state index in [1.807, 2.05) is 0 Å². The maximum Gasteiger partial charge on any atom is 0.414 e. The number of hydrogen-bond acceptors (Lipinski definition) is 8. The number of ketones is 1. The minimum Gasteiger partial charge on any atom is -0.493 e. The van der Waals surface area contributed by atoms with Crippen molar-refractivity contribution in [3.05, 3.63) is 17.7 Å². The molecular weight excluding hydrogens is 603 g/mol. The van der Waals surface area contributed by atoms with Crippen LogP contribution in [0.25, 0.3) is 0 Å². The summed E-state index contributed by atoms with van der Waals surface area (Å²) in [6.07, 6.45) is -0.480. The van der Waals surface area contributed by atoms with Crippen LogP contribution < -0.4 is 14.4 Å². The standard InChI is InChI=1S/C26H35Cl3N2O8Si/c1-25(2,3)40(6,7)39-13-19-18-8-15(20(33)12-32)11-30(18)23(34)16-9-21(36-4)22(37-5)10-17(16)31(19)24(35)38-14-26(27,28)29/h9-10,12,15,18-19H,8,11,13-14H2,1-7H3. The number of nitrogens with zero attached hydrogens (tertiary/aromatic N) is 2. The fourth-order valence-corrected chi connectivity index (χ4v) is 5.84. The van der Waals surface area contributed by atoms with Gasteiger partial charge in [0, 0.05) is 18.5 Å². The second-order valence-corrected chi connectivity index (χ2v) is 18.7. The smallest absolute Gasteiger partial charge is 0.414 e. The van der Waals surface area contributed by atoms with Crippen LogP contribution in [-0.4, -0.2) is 87.1 Å². The molecule has 2 aliphatic heterocycles. The van der Waals surface area contributed by atoms with Crippen LogP contribution in [0.3, 0.4) is 0 Å². The highest BCUT2D eigenvalue weighted by atomic mass is 35.6. The molecule has 1 saturated heterocycles. The van der Waals surface area contributed by atoms with Gasteiger partial charge in [0.25, 0.3) is 5.91 Å². The fourth-order valence-electron chi connectivity index (χ4n) is 4.65. The van der Waals surface area contributed by atoms with Gasteiger partial charge in [0.1, 0.15) is 6.61 Å². The fraction of sp³-hybridized carbons (Fsp3) is 0.615. The minimum atomic E-state index is -2.36. The van der Waals surface area contributed by atoms with Crippen LogP contribution >= 0.6 is 34.8 Å². The number of alkyl halides is 3. The molecule has 2 aliphatic rings. The lowest BCUT2D eigenvalue weighted by molar-refractivity contribution is -0.132. The summed E-state index contributed by atoms with van der Waals surface area (Å²) in [7, 11) is 0.491. The van der Waals surface area contributed by atoms with E-state index >= 15 is 0 Å². The Labute approximate surface area is 250 Å². The van der Waals surface area contributed by atoms with E-state index in [-0.39, 0.29) is 53.6 Å². The molecule has 222 valence electrons. The monoisotopic (exact) mass is 636 g/mol. The van der Waals surface area contributed by atoms with Gasteiger partial charge in [0.05, 0.1) is 44.2 Å². The average Bonchev–Trinajstić information content (AvgIpc) is 3.28. The number of aldehydes is 1. The largest absolute Gasteiger partial charge is 0.493 e. The van der Waals surface area contributed by atoms with Crippen molar-refractivity contribution in [1.29, 1.82) is 0 Å². The lowest BCUT2D eigenvalue weighted by Crippen LogP contribution is -2.55. The van der Waals surface area contributed by atoms with Crippen molar-refractivity contribution in [3.8, 4) is 11.5 Å². The molecule has 0 aromatic heterocycles. The SMILES string of the molecule is COc1cc2c(cc1OC)N(C(=O)OCC(Cl)(Cl)Cl)C(CO[Si](C)(C)C(C)(C)C)C1CC(C(=O)C=O)CN1C2=O. The summed E-state index contributed by atoms with van der Waals surface area (Å²) in [4.78, 5) is 54.4. The van der Waals surface area contributed by atoms with Gasteiger partial charge in [-0.15, -0.1) is 0 Å². The molecule has 0 spiro atoms. The third-order valence-electron chi connectivity index (χ3n) is 7.87. The Bertz CT molecular complexity index is 1170. The molecule has 3 rings (SSSR count). The van der Waals surface area contributed by atoms with Crippen molar-refractivity contribution < 1.29 is 37.8 Å². The molecule has 3 atom stereocenters. The number of rotatable bonds is 8. The molecule has 3 unspecified atom stereocenters. The number of fused-ring (bicyclic) bond motifs is 2. The average molecular weight is 638 g/mol. The maximum absolute atomic E-state index is 14.0. The van der Waals surface area contributed by atoms with E-state index < -0.39 is 54.5 Å². The lowest BCUT2D eigenvalue weighted by Gasteiger charge is -2.41. The van der Waals surface area contributed by atoms with Crippen molar-refractivity contribution in [2.75, 3.05) is 38.9 Å². The molecule has 2 heterocycles. The molecule has 0 aliphatic carbocycles. The second-order valence-electron chi connectivity index (χ2n) is 11.4. The molecule has 0 saturated carbocycles. The summed E-state index contributed by atoms with van der Waals surface area (Å²) >= 11 is 17.6. The minimum absolute atomic E-state index is 0.00247. The molecule has 1 fully saturated rings. The van der Waals surface area contributed by atoms with E-state index in [2.05, 4.69) is 33.9 Å². The van der Waals surface area contributed by atoms with Crippen LogP contribution in [-0.2, 0) is 18.8 Å².